The number of halogens is 1. The minimum Gasteiger partial charge on any atom is -0.273 e. The molecular weight excluding hydrogens is 246 g/mol. The highest BCUT2D eigenvalue weighted by atomic mass is 35.5. The van der Waals surface area contributed by atoms with E-state index in [1.807, 2.05) is 6.92 Å². The number of rotatable bonds is 5. The van der Waals surface area contributed by atoms with Crippen LogP contribution in [0.15, 0.2) is 24.3 Å². The third-order valence-electron chi connectivity index (χ3n) is 2.34. The summed E-state index contributed by atoms with van der Waals surface area (Å²) in [5.74, 6) is 0.173. The summed E-state index contributed by atoms with van der Waals surface area (Å²) in [6.07, 6.45) is 1.54. The molecule has 0 fully saturated rings. The molecule has 1 aromatic rings. The van der Waals surface area contributed by atoms with Gasteiger partial charge in [0.25, 0.3) is 0 Å². The van der Waals surface area contributed by atoms with Gasteiger partial charge in [-0.1, -0.05) is 31.0 Å². The average molecular weight is 262 g/mol. The summed E-state index contributed by atoms with van der Waals surface area (Å²) in [4.78, 5) is 0. The molecule has 0 bridgehead atoms. The number of hydrogen-bond donors (Lipinski definition) is 0. The second-order valence-corrected chi connectivity index (χ2v) is 6.17. The van der Waals surface area contributed by atoms with Gasteiger partial charge in [-0.05, 0) is 24.6 Å². The number of anilines is 1. The molecule has 0 radical (unpaired) electrons. The molecule has 16 heavy (non-hydrogen) atoms. The van der Waals surface area contributed by atoms with E-state index in [1.165, 1.54) is 4.31 Å². The predicted octanol–water partition coefficient (Wildman–Crippen LogP) is 2.91. The Kier molecular flexibility index (Phi) is 4.62. The summed E-state index contributed by atoms with van der Waals surface area (Å²) in [5, 5.41) is 0.537. The number of unbranched alkanes of at least 4 members (excludes halogenated alkanes) is 1. The zero-order valence-electron chi connectivity index (χ0n) is 9.48. The van der Waals surface area contributed by atoms with Gasteiger partial charge < -0.3 is 0 Å². The van der Waals surface area contributed by atoms with Gasteiger partial charge in [0, 0.05) is 12.1 Å². The standard InChI is InChI=1S/C11H16ClNO2S/c1-3-4-8-16(14,15)13(2)11-7-5-6-10(12)9-11/h5-7,9H,3-4,8H2,1-2H3. The van der Waals surface area contributed by atoms with Crippen LogP contribution < -0.4 is 4.31 Å². The van der Waals surface area contributed by atoms with Crippen molar-refractivity contribution in [1.82, 2.24) is 0 Å². The zero-order chi connectivity index (χ0) is 12.2. The van der Waals surface area contributed by atoms with Gasteiger partial charge in [0.15, 0.2) is 0 Å². The molecule has 1 aromatic carbocycles. The molecule has 0 aliphatic carbocycles. The Morgan fingerprint density at radius 2 is 2.06 bits per heavy atom. The molecule has 0 saturated carbocycles. The largest absolute Gasteiger partial charge is 0.273 e. The SMILES string of the molecule is CCCCS(=O)(=O)N(C)c1cccc(Cl)c1. The molecule has 1 rings (SSSR count). The number of benzene rings is 1. The molecule has 5 heteroatoms. The summed E-state index contributed by atoms with van der Waals surface area (Å²) in [6, 6.07) is 6.83. The van der Waals surface area contributed by atoms with Crippen LogP contribution in [0, 0.1) is 0 Å². The Hall–Kier alpha value is -0.740. The monoisotopic (exact) mass is 261 g/mol. The van der Waals surface area contributed by atoms with Crippen LogP contribution in [-0.4, -0.2) is 21.2 Å². The Balaban J connectivity index is 2.89. The quantitative estimate of drug-likeness (QED) is 0.817. The Labute approximate surface area is 102 Å². The molecule has 0 heterocycles. The van der Waals surface area contributed by atoms with E-state index in [-0.39, 0.29) is 5.75 Å². The smallest absolute Gasteiger partial charge is 0.234 e. The second kappa shape index (κ2) is 5.55. The number of hydrogen-bond acceptors (Lipinski definition) is 2. The summed E-state index contributed by atoms with van der Waals surface area (Å²) in [6.45, 7) is 1.97. The highest BCUT2D eigenvalue weighted by Crippen LogP contribution is 2.21. The number of sulfonamides is 1. The summed E-state index contributed by atoms with van der Waals surface area (Å²) < 4.78 is 25.1. The average Bonchev–Trinajstić information content (AvgIpc) is 2.25. The maximum absolute atomic E-state index is 11.9. The highest BCUT2D eigenvalue weighted by Gasteiger charge is 2.17. The van der Waals surface area contributed by atoms with Crippen molar-refractivity contribution >= 4 is 27.3 Å². The first kappa shape index (κ1) is 13.3. The lowest BCUT2D eigenvalue weighted by Gasteiger charge is -2.19. The van der Waals surface area contributed by atoms with Gasteiger partial charge >= 0.3 is 0 Å². The maximum Gasteiger partial charge on any atom is 0.234 e. The molecule has 0 N–H and O–H groups in total. The Bertz CT molecular complexity index is 445. The predicted molar refractivity (Wildman–Crippen MR) is 68.5 cm³/mol. The molecule has 0 unspecified atom stereocenters. The van der Waals surface area contributed by atoms with E-state index in [0.29, 0.717) is 17.1 Å². The van der Waals surface area contributed by atoms with Crippen molar-refractivity contribution in [2.75, 3.05) is 17.1 Å². The van der Waals surface area contributed by atoms with Crippen LogP contribution in [-0.2, 0) is 10.0 Å². The molecule has 0 saturated heterocycles. The fourth-order valence-corrected chi connectivity index (χ4v) is 2.84. The molecule has 0 amide bonds. The van der Waals surface area contributed by atoms with Crippen LogP contribution in [0.25, 0.3) is 0 Å². The van der Waals surface area contributed by atoms with Crippen LogP contribution in [0.2, 0.25) is 5.02 Å². The lowest BCUT2D eigenvalue weighted by molar-refractivity contribution is 0.591. The summed E-state index contributed by atoms with van der Waals surface area (Å²) in [7, 11) is -1.67. The van der Waals surface area contributed by atoms with Crippen molar-refractivity contribution in [3.63, 3.8) is 0 Å². The molecule has 0 aromatic heterocycles. The van der Waals surface area contributed by atoms with Crippen LogP contribution in [0.5, 0.6) is 0 Å². The highest BCUT2D eigenvalue weighted by molar-refractivity contribution is 7.92. The fraction of sp³-hybridized carbons (Fsp3) is 0.455. The Morgan fingerprint density at radius 3 is 2.62 bits per heavy atom. The van der Waals surface area contributed by atoms with Gasteiger partial charge in [-0.15, -0.1) is 0 Å². The summed E-state index contributed by atoms with van der Waals surface area (Å²) >= 11 is 5.82. The lowest BCUT2D eigenvalue weighted by Crippen LogP contribution is -2.28. The zero-order valence-corrected chi connectivity index (χ0v) is 11.1. The van der Waals surface area contributed by atoms with Gasteiger partial charge in [-0.25, -0.2) is 8.42 Å². The van der Waals surface area contributed by atoms with Crippen molar-refractivity contribution in [3.8, 4) is 0 Å². The fourth-order valence-electron chi connectivity index (χ4n) is 1.30. The van der Waals surface area contributed by atoms with Crippen molar-refractivity contribution < 1.29 is 8.42 Å². The molecule has 0 spiro atoms. The first-order chi connectivity index (χ1) is 7.47. The third-order valence-corrected chi connectivity index (χ3v) is 4.43. The maximum atomic E-state index is 11.9. The minimum absolute atomic E-state index is 0.173. The van der Waals surface area contributed by atoms with Crippen molar-refractivity contribution in [2.24, 2.45) is 0 Å². The molecule has 0 atom stereocenters. The molecular formula is C11H16ClNO2S. The summed E-state index contributed by atoms with van der Waals surface area (Å²) in [5.41, 5.74) is 0.601. The van der Waals surface area contributed by atoms with Crippen LogP contribution in [0.1, 0.15) is 19.8 Å². The van der Waals surface area contributed by atoms with Crippen molar-refractivity contribution in [2.45, 2.75) is 19.8 Å². The normalized spacial score (nSPS) is 11.4. The van der Waals surface area contributed by atoms with E-state index in [0.717, 1.165) is 6.42 Å². The van der Waals surface area contributed by atoms with E-state index in [1.54, 1.807) is 31.3 Å². The van der Waals surface area contributed by atoms with Gasteiger partial charge in [-0.3, -0.25) is 4.31 Å². The van der Waals surface area contributed by atoms with E-state index < -0.39 is 10.0 Å². The third kappa shape index (κ3) is 3.39. The molecule has 90 valence electrons. The minimum atomic E-state index is -3.22. The first-order valence-corrected chi connectivity index (χ1v) is 7.18. The van der Waals surface area contributed by atoms with Gasteiger partial charge in [0.05, 0.1) is 11.4 Å². The van der Waals surface area contributed by atoms with Crippen LogP contribution in [0.4, 0.5) is 5.69 Å². The first-order valence-electron chi connectivity index (χ1n) is 5.19. The molecule has 0 aliphatic rings. The number of nitrogens with zero attached hydrogens (tertiary/aromatic N) is 1. The van der Waals surface area contributed by atoms with E-state index in [2.05, 4.69) is 0 Å². The van der Waals surface area contributed by atoms with Crippen LogP contribution in [0.3, 0.4) is 0 Å². The van der Waals surface area contributed by atoms with Crippen molar-refractivity contribution in [3.05, 3.63) is 29.3 Å². The van der Waals surface area contributed by atoms with Gasteiger partial charge in [0.1, 0.15) is 0 Å². The molecule has 0 aliphatic heterocycles. The second-order valence-electron chi connectivity index (χ2n) is 3.62. The molecule has 3 nitrogen and oxygen atoms in total. The van der Waals surface area contributed by atoms with Gasteiger partial charge in [0.2, 0.25) is 10.0 Å². The topological polar surface area (TPSA) is 37.4 Å². The van der Waals surface area contributed by atoms with Crippen molar-refractivity contribution in [1.29, 1.82) is 0 Å². The van der Waals surface area contributed by atoms with E-state index in [9.17, 15) is 8.42 Å². The lowest BCUT2D eigenvalue weighted by atomic mass is 10.3. The van der Waals surface area contributed by atoms with E-state index >= 15 is 0 Å². The van der Waals surface area contributed by atoms with Crippen LogP contribution >= 0.6 is 11.6 Å². The Morgan fingerprint density at radius 1 is 1.38 bits per heavy atom. The van der Waals surface area contributed by atoms with Gasteiger partial charge in [-0.2, -0.15) is 0 Å². The van der Waals surface area contributed by atoms with E-state index in [4.69, 9.17) is 11.6 Å².